The van der Waals surface area contributed by atoms with Crippen molar-refractivity contribution >= 4 is 11.6 Å². The number of nitro groups is 1. The van der Waals surface area contributed by atoms with E-state index < -0.39 is 10.8 Å². The Bertz CT molecular complexity index is 502. The number of ether oxygens (including phenoxy) is 1. The summed E-state index contributed by atoms with van der Waals surface area (Å²) in [7, 11) is 1.71. The fraction of sp³-hybridized carbons (Fsp3) is 0.462. The van der Waals surface area contributed by atoms with Crippen molar-refractivity contribution in [2.75, 3.05) is 13.6 Å². The molecule has 7 heteroatoms. The van der Waals surface area contributed by atoms with Crippen molar-refractivity contribution in [3.8, 4) is 5.75 Å². The van der Waals surface area contributed by atoms with Gasteiger partial charge in [-0.2, -0.15) is 0 Å². The van der Waals surface area contributed by atoms with E-state index >= 15 is 0 Å². The van der Waals surface area contributed by atoms with E-state index in [1.54, 1.807) is 18.0 Å². The number of likely N-dealkylation sites (N-methyl/N-ethyl adjacent to an activating group) is 1. The molecule has 2 N–H and O–H groups in total. The maximum Gasteiger partial charge on any atom is 0.270 e. The first-order chi connectivity index (χ1) is 9.29. The number of carbonyl (C=O) groups excluding carboxylic acids is 1. The highest BCUT2D eigenvalue weighted by molar-refractivity contribution is 5.75. The standard InChI is InChI=1S/C13H19N3O4/c1-9(2)20-12-5-4-11(16(18)19)6-10(12)7-15(3)8-13(14)17/h4-6,9H,7-8H2,1-3H3,(H2,14,17). The molecule has 0 fully saturated rings. The summed E-state index contributed by atoms with van der Waals surface area (Å²) in [6, 6.07) is 4.43. The number of nitro benzene ring substituents is 1. The van der Waals surface area contributed by atoms with Crippen LogP contribution >= 0.6 is 0 Å². The van der Waals surface area contributed by atoms with Gasteiger partial charge >= 0.3 is 0 Å². The van der Waals surface area contributed by atoms with E-state index in [1.807, 2.05) is 13.8 Å². The van der Waals surface area contributed by atoms with Crippen molar-refractivity contribution < 1.29 is 14.5 Å². The minimum Gasteiger partial charge on any atom is -0.491 e. The molecule has 20 heavy (non-hydrogen) atoms. The van der Waals surface area contributed by atoms with Crippen LogP contribution in [0.4, 0.5) is 5.69 Å². The number of amides is 1. The molecular formula is C13H19N3O4. The maximum absolute atomic E-state index is 10.9. The molecule has 0 radical (unpaired) electrons. The van der Waals surface area contributed by atoms with Crippen LogP contribution in [0, 0.1) is 10.1 Å². The molecule has 1 aromatic rings. The highest BCUT2D eigenvalue weighted by atomic mass is 16.6. The third-order valence-electron chi connectivity index (χ3n) is 2.48. The molecule has 1 rings (SSSR count). The molecule has 0 aromatic heterocycles. The van der Waals surface area contributed by atoms with Gasteiger partial charge in [-0.05, 0) is 27.0 Å². The zero-order chi connectivity index (χ0) is 15.3. The summed E-state index contributed by atoms with van der Waals surface area (Å²) in [6.07, 6.45) is -0.0448. The molecule has 1 amide bonds. The monoisotopic (exact) mass is 281 g/mol. The SMILES string of the molecule is CC(C)Oc1ccc([N+](=O)[O-])cc1CN(C)CC(N)=O. The summed E-state index contributed by atoms with van der Waals surface area (Å²) in [5, 5.41) is 10.8. The van der Waals surface area contributed by atoms with Crippen molar-refractivity contribution in [2.45, 2.75) is 26.5 Å². The number of hydrogen-bond donors (Lipinski definition) is 1. The Morgan fingerprint density at radius 2 is 2.15 bits per heavy atom. The smallest absolute Gasteiger partial charge is 0.270 e. The third-order valence-corrected chi connectivity index (χ3v) is 2.48. The molecular weight excluding hydrogens is 262 g/mol. The van der Waals surface area contributed by atoms with Crippen molar-refractivity contribution in [1.82, 2.24) is 4.90 Å². The van der Waals surface area contributed by atoms with E-state index in [1.165, 1.54) is 12.1 Å². The first kappa shape index (κ1) is 15.9. The number of benzene rings is 1. The Kier molecular flexibility index (Phi) is 5.45. The van der Waals surface area contributed by atoms with E-state index in [2.05, 4.69) is 0 Å². The molecule has 0 spiro atoms. The average Bonchev–Trinajstić information content (AvgIpc) is 2.29. The topological polar surface area (TPSA) is 98.7 Å². The van der Waals surface area contributed by atoms with Crippen LogP contribution in [0.25, 0.3) is 0 Å². The van der Waals surface area contributed by atoms with E-state index in [9.17, 15) is 14.9 Å². The Labute approximate surface area is 117 Å². The lowest BCUT2D eigenvalue weighted by molar-refractivity contribution is -0.385. The van der Waals surface area contributed by atoms with Gasteiger partial charge in [-0.15, -0.1) is 0 Å². The van der Waals surface area contributed by atoms with Crippen LogP contribution in [0.15, 0.2) is 18.2 Å². The number of carbonyl (C=O) groups is 1. The molecule has 0 saturated heterocycles. The van der Waals surface area contributed by atoms with Crippen LogP contribution in [-0.4, -0.2) is 35.4 Å². The second kappa shape index (κ2) is 6.85. The van der Waals surface area contributed by atoms with Gasteiger partial charge in [0.05, 0.1) is 17.6 Å². The molecule has 0 aliphatic rings. The van der Waals surface area contributed by atoms with Crippen LogP contribution in [0.3, 0.4) is 0 Å². The molecule has 0 aliphatic carbocycles. The zero-order valence-electron chi connectivity index (χ0n) is 11.8. The quantitative estimate of drug-likeness (QED) is 0.600. The molecule has 0 bridgehead atoms. The number of hydrogen-bond acceptors (Lipinski definition) is 5. The van der Waals surface area contributed by atoms with Crippen LogP contribution in [-0.2, 0) is 11.3 Å². The van der Waals surface area contributed by atoms with Crippen LogP contribution in [0.2, 0.25) is 0 Å². The normalized spacial score (nSPS) is 10.8. The minimum absolute atomic E-state index is 0.0106. The minimum atomic E-state index is -0.462. The zero-order valence-corrected chi connectivity index (χ0v) is 11.8. The van der Waals surface area contributed by atoms with Gasteiger partial charge in [-0.25, -0.2) is 0 Å². The number of rotatable bonds is 7. The predicted molar refractivity (Wildman–Crippen MR) is 74.4 cm³/mol. The Hall–Kier alpha value is -2.15. The van der Waals surface area contributed by atoms with Gasteiger partial charge in [0.2, 0.25) is 5.91 Å². The van der Waals surface area contributed by atoms with Crippen molar-refractivity contribution in [1.29, 1.82) is 0 Å². The number of nitrogens with zero attached hydrogens (tertiary/aromatic N) is 2. The van der Waals surface area contributed by atoms with Crippen molar-refractivity contribution in [3.63, 3.8) is 0 Å². The molecule has 0 aliphatic heterocycles. The summed E-state index contributed by atoms with van der Waals surface area (Å²) in [6.45, 7) is 4.16. The van der Waals surface area contributed by atoms with E-state index in [0.29, 0.717) is 17.9 Å². The second-order valence-corrected chi connectivity index (χ2v) is 4.85. The van der Waals surface area contributed by atoms with Crippen LogP contribution in [0.5, 0.6) is 5.75 Å². The third kappa shape index (κ3) is 4.85. The molecule has 1 aromatic carbocycles. The van der Waals surface area contributed by atoms with Crippen LogP contribution < -0.4 is 10.5 Å². The summed E-state index contributed by atoms with van der Waals surface area (Å²) in [5.74, 6) is 0.117. The van der Waals surface area contributed by atoms with Crippen molar-refractivity contribution in [3.05, 3.63) is 33.9 Å². The van der Waals surface area contributed by atoms with Gasteiger partial charge in [0.1, 0.15) is 5.75 Å². The maximum atomic E-state index is 10.9. The Balaban J connectivity index is 3.01. The highest BCUT2D eigenvalue weighted by Gasteiger charge is 2.15. The van der Waals surface area contributed by atoms with Crippen molar-refractivity contribution in [2.24, 2.45) is 5.73 Å². The Morgan fingerprint density at radius 1 is 1.50 bits per heavy atom. The highest BCUT2D eigenvalue weighted by Crippen LogP contribution is 2.26. The summed E-state index contributed by atoms with van der Waals surface area (Å²) in [4.78, 5) is 22.9. The fourth-order valence-electron chi connectivity index (χ4n) is 1.78. The van der Waals surface area contributed by atoms with Gasteiger partial charge in [0.25, 0.3) is 5.69 Å². The van der Waals surface area contributed by atoms with Gasteiger partial charge in [0.15, 0.2) is 0 Å². The largest absolute Gasteiger partial charge is 0.491 e. The molecule has 0 unspecified atom stereocenters. The van der Waals surface area contributed by atoms with E-state index in [0.717, 1.165) is 0 Å². The fourth-order valence-corrected chi connectivity index (χ4v) is 1.78. The molecule has 110 valence electrons. The molecule has 0 atom stereocenters. The first-order valence-corrected chi connectivity index (χ1v) is 6.20. The van der Waals surface area contributed by atoms with Crippen LogP contribution in [0.1, 0.15) is 19.4 Å². The number of nitrogens with two attached hydrogens (primary N) is 1. The molecule has 7 nitrogen and oxygen atoms in total. The number of primary amides is 1. The summed E-state index contributed by atoms with van der Waals surface area (Å²) >= 11 is 0. The average molecular weight is 281 g/mol. The second-order valence-electron chi connectivity index (χ2n) is 4.85. The first-order valence-electron chi connectivity index (χ1n) is 6.20. The predicted octanol–water partition coefficient (Wildman–Crippen LogP) is 1.30. The lowest BCUT2D eigenvalue weighted by Gasteiger charge is -2.18. The van der Waals surface area contributed by atoms with Gasteiger partial charge in [-0.3, -0.25) is 19.8 Å². The van der Waals surface area contributed by atoms with Gasteiger partial charge in [0, 0.05) is 24.2 Å². The lowest BCUT2D eigenvalue weighted by Crippen LogP contribution is -2.30. The van der Waals surface area contributed by atoms with Gasteiger partial charge < -0.3 is 10.5 Å². The molecule has 0 saturated carbocycles. The molecule has 0 heterocycles. The lowest BCUT2D eigenvalue weighted by atomic mass is 10.1. The van der Waals surface area contributed by atoms with E-state index in [4.69, 9.17) is 10.5 Å². The number of non-ortho nitro benzene ring substituents is 1. The van der Waals surface area contributed by atoms with E-state index in [-0.39, 0.29) is 18.3 Å². The van der Waals surface area contributed by atoms with Gasteiger partial charge in [-0.1, -0.05) is 0 Å². The Morgan fingerprint density at radius 3 is 2.65 bits per heavy atom. The summed E-state index contributed by atoms with van der Waals surface area (Å²) in [5.41, 5.74) is 5.76. The summed E-state index contributed by atoms with van der Waals surface area (Å²) < 4.78 is 5.62.